The van der Waals surface area contributed by atoms with Gasteiger partial charge in [0.2, 0.25) is 0 Å². The molecule has 1 aromatic rings. The molecule has 0 spiro atoms. The van der Waals surface area contributed by atoms with Crippen LogP contribution in [0.3, 0.4) is 0 Å². The summed E-state index contributed by atoms with van der Waals surface area (Å²) in [6.45, 7) is 10.0. The minimum absolute atomic E-state index is 0.0359. The minimum Gasteiger partial charge on any atom is -0.496 e. The van der Waals surface area contributed by atoms with Crippen LogP contribution in [-0.2, 0) is 20.5 Å². The van der Waals surface area contributed by atoms with E-state index in [4.69, 9.17) is 15.2 Å². The van der Waals surface area contributed by atoms with Crippen molar-refractivity contribution in [1.29, 1.82) is 0 Å². The molecule has 0 aliphatic heterocycles. The molecule has 1 unspecified atom stereocenters. The lowest BCUT2D eigenvalue weighted by atomic mass is 9.82. The van der Waals surface area contributed by atoms with Crippen molar-refractivity contribution < 1.29 is 14.3 Å². The number of benzene rings is 1. The minimum atomic E-state index is -1.23. The summed E-state index contributed by atoms with van der Waals surface area (Å²) >= 11 is 0. The highest BCUT2D eigenvalue weighted by atomic mass is 16.5. The highest BCUT2D eigenvalue weighted by Crippen LogP contribution is 2.33. The maximum atomic E-state index is 12.1. The number of nitrogens with two attached hydrogens (primary N) is 1. The smallest absolute Gasteiger partial charge is 0.330 e. The van der Waals surface area contributed by atoms with Gasteiger partial charge in [0, 0.05) is 5.56 Å². The molecule has 4 nitrogen and oxygen atoms in total. The number of rotatable bonds is 4. The summed E-state index contributed by atoms with van der Waals surface area (Å²) < 4.78 is 10.4. The molecule has 0 saturated heterocycles. The third kappa shape index (κ3) is 3.31. The molecule has 0 bridgehead atoms. The SMILES string of the molecule is CCOC(=O)C(C)(N)c1cc(C(C)(C)C)ccc1OC. The first-order valence-electron chi connectivity index (χ1n) is 6.79. The number of esters is 1. The van der Waals surface area contributed by atoms with E-state index >= 15 is 0 Å². The molecular weight excluding hydrogens is 254 g/mol. The van der Waals surface area contributed by atoms with E-state index in [1.54, 1.807) is 21.0 Å². The van der Waals surface area contributed by atoms with Gasteiger partial charge < -0.3 is 15.2 Å². The second kappa shape index (κ2) is 5.83. The fourth-order valence-corrected chi connectivity index (χ4v) is 1.97. The molecule has 1 atom stereocenters. The van der Waals surface area contributed by atoms with Gasteiger partial charge in [0.25, 0.3) is 0 Å². The van der Waals surface area contributed by atoms with Crippen LogP contribution in [0.25, 0.3) is 0 Å². The van der Waals surface area contributed by atoms with Crippen molar-refractivity contribution in [1.82, 2.24) is 0 Å². The van der Waals surface area contributed by atoms with Crippen LogP contribution in [0.4, 0.5) is 0 Å². The van der Waals surface area contributed by atoms with Gasteiger partial charge in [-0.15, -0.1) is 0 Å². The van der Waals surface area contributed by atoms with Gasteiger partial charge >= 0.3 is 5.97 Å². The van der Waals surface area contributed by atoms with Crippen molar-refractivity contribution in [3.8, 4) is 5.75 Å². The van der Waals surface area contributed by atoms with E-state index in [2.05, 4.69) is 20.8 Å². The van der Waals surface area contributed by atoms with Crippen LogP contribution in [0, 0.1) is 0 Å². The van der Waals surface area contributed by atoms with Crippen molar-refractivity contribution >= 4 is 5.97 Å². The Morgan fingerprint density at radius 1 is 1.25 bits per heavy atom. The summed E-state index contributed by atoms with van der Waals surface area (Å²) in [5.41, 5.74) is 6.67. The lowest BCUT2D eigenvalue weighted by Gasteiger charge is -2.27. The summed E-state index contributed by atoms with van der Waals surface area (Å²) in [4.78, 5) is 12.1. The Kier molecular flexibility index (Phi) is 4.81. The monoisotopic (exact) mass is 279 g/mol. The highest BCUT2D eigenvalue weighted by Gasteiger charge is 2.35. The Labute approximate surface area is 121 Å². The summed E-state index contributed by atoms with van der Waals surface area (Å²) in [5.74, 6) is 0.139. The zero-order valence-corrected chi connectivity index (χ0v) is 13.2. The van der Waals surface area contributed by atoms with E-state index in [9.17, 15) is 4.79 Å². The predicted octanol–water partition coefficient (Wildman–Crippen LogP) is 2.73. The van der Waals surface area contributed by atoms with Crippen molar-refractivity contribution in [3.05, 3.63) is 29.3 Å². The first-order valence-corrected chi connectivity index (χ1v) is 6.79. The molecule has 1 rings (SSSR count). The number of hydrogen-bond acceptors (Lipinski definition) is 4. The summed E-state index contributed by atoms with van der Waals surface area (Å²) in [6.07, 6.45) is 0. The van der Waals surface area contributed by atoms with Crippen LogP contribution in [0.5, 0.6) is 5.75 Å². The zero-order valence-electron chi connectivity index (χ0n) is 13.2. The van der Waals surface area contributed by atoms with Crippen LogP contribution in [0.15, 0.2) is 18.2 Å². The number of ether oxygens (including phenoxy) is 2. The Balaban J connectivity index is 3.37. The molecule has 0 aromatic heterocycles. The van der Waals surface area contributed by atoms with Crippen LogP contribution in [0.1, 0.15) is 45.7 Å². The lowest BCUT2D eigenvalue weighted by molar-refractivity contribution is -0.149. The molecule has 0 aliphatic rings. The van der Waals surface area contributed by atoms with Crippen molar-refractivity contribution in [2.75, 3.05) is 13.7 Å². The topological polar surface area (TPSA) is 61.5 Å². The van der Waals surface area contributed by atoms with Crippen LogP contribution >= 0.6 is 0 Å². The van der Waals surface area contributed by atoms with Crippen LogP contribution in [-0.4, -0.2) is 19.7 Å². The fourth-order valence-electron chi connectivity index (χ4n) is 1.97. The molecule has 20 heavy (non-hydrogen) atoms. The second-order valence-corrected chi connectivity index (χ2v) is 6.09. The number of hydrogen-bond donors (Lipinski definition) is 1. The zero-order chi connectivity index (χ0) is 15.6. The average Bonchev–Trinajstić information content (AvgIpc) is 2.37. The predicted molar refractivity (Wildman–Crippen MR) is 79.9 cm³/mol. The number of methoxy groups -OCH3 is 1. The Hall–Kier alpha value is -1.55. The van der Waals surface area contributed by atoms with Gasteiger partial charge in [0.1, 0.15) is 11.3 Å². The molecule has 2 N–H and O–H groups in total. The maximum Gasteiger partial charge on any atom is 0.330 e. The third-order valence-electron chi connectivity index (χ3n) is 3.32. The largest absolute Gasteiger partial charge is 0.496 e. The van der Waals surface area contributed by atoms with Gasteiger partial charge in [-0.3, -0.25) is 0 Å². The molecule has 0 fully saturated rings. The molecule has 0 aliphatic carbocycles. The van der Waals surface area contributed by atoms with E-state index in [-0.39, 0.29) is 5.41 Å². The van der Waals surface area contributed by atoms with E-state index < -0.39 is 11.5 Å². The fraction of sp³-hybridized carbons (Fsp3) is 0.562. The standard InChI is InChI=1S/C16H25NO3/c1-7-20-14(18)16(5,17)12-10-11(15(2,3)4)8-9-13(12)19-6/h8-10H,7,17H2,1-6H3. The molecular formula is C16H25NO3. The van der Waals surface area contributed by atoms with E-state index in [1.807, 2.05) is 18.2 Å². The Morgan fingerprint density at radius 2 is 1.85 bits per heavy atom. The molecule has 0 heterocycles. The van der Waals surface area contributed by atoms with E-state index in [0.29, 0.717) is 17.9 Å². The van der Waals surface area contributed by atoms with Crippen LogP contribution in [0.2, 0.25) is 0 Å². The molecule has 4 heteroatoms. The number of carbonyl (C=O) groups excluding carboxylic acids is 1. The molecule has 0 radical (unpaired) electrons. The van der Waals surface area contributed by atoms with Crippen LogP contribution < -0.4 is 10.5 Å². The van der Waals surface area contributed by atoms with Crippen molar-refractivity contribution in [2.45, 2.75) is 45.6 Å². The van der Waals surface area contributed by atoms with Gasteiger partial charge in [-0.25, -0.2) is 4.79 Å². The normalized spacial score (nSPS) is 14.6. The number of carbonyl (C=O) groups is 1. The summed E-state index contributed by atoms with van der Waals surface area (Å²) in [5, 5.41) is 0. The molecule has 112 valence electrons. The van der Waals surface area contributed by atoms with Gasteiger partial charge in [-0.1, -0.05) is 26.8 Å². The average molecular weight is 279 g/mol. The lowest BCUT2D eigenvalue weighted by Crippen LogP contribution is -2.43. The van der Waals surface area contributed by atoms with Gasteiger partial charge in [0.05, 0.1) is 13.7 Å². The maximum absolute atomic E-state index is 12.1. The highest BCUT2D eigenvalue weighted by molar-refractivity contribution is 5.83. The Morgan fingerprint density at radius 3 is 2.30 bits per heavy atom. The molecule has 0 saturated carbocycles. The van der Waals surface area contributed by atoms with Crippen molar-refractivity contribution in [3.63, 3.8) is 0 Å². The Bertz CT molecular complexity index is 487. The van der Waals surface area contributed by atoms with Gasteiger partial charge in [-0.05, 0) is 37.0 Å². The second-order valence-electron chi connectivity index (χ2n) is 6.09. The van der Waals surface area contributed by atoms with Gasteiger partial charge in [0.15, 0.2) is 0 Å². The first-order chi connectivity index (χ1) is 9.14. The van der Waals surface area contributed by atoms with E-state index in [1.165, 1.54) is 0 Å². The van der Waals surface area contributed by atoms with E-state index in [0.717, 1.165) is 5.56 Å². The van der Waals surface area contributed by atoms with Gasteiger partial charge in [-0.2, -0.15) is 0 Å². The van der Waals surface area contributed by atoms with Crippen molar-refractivity contribution in [2.24, 2.45) is 5.73 Å². The molecule has 0 amide bonds. The third-order valence-corrected chi connectivity index (χ3v) is 3.32. The molecule has 1 aromatic carbocycles. The quantitative estimate of drug-likeness (QED) is 0.861. The summed E-state index contributed by atoms with van der Waals surface area (Å²) in [6, 6.07) is 5.76. The summed E-state index contributed by atoms with van der Waals surface area (Å²) in [7, 11) is 1.57. The first kappa shape index (κ1) is 16.5.